The van der Waals surface area contributed by atoms with Gasteiger partial charge in [0.05, 0.1) is 6.42 Å². The highest BCUT2D eigenvalue weighted by Gasteiger charge is 2.31. The minimum Gasteiger partial charge on any atom is -0.481 e. The van der Waals surface area contributed by atoms with Crippen LogP contribution in [0.25, 0.3) is 0 Å². The molecule has 0 spiro atoms. The van der Waals surface area contributed by atoms with Crippen LogP contribution in [0.1, 0.15) is 18.9 Å². The molecule has 0 heterocycles. The molecule has 0 radical (unpaired) electrons. The van der Waals surface area contributed by atoms with E-state index in [1.165, 1.54) is 18.2 Å². The van der Waals surface area contributed by atoms with Gasteiger partial charge >= 0.3 is 5.97 Å². The first kappa shape index (κ1) is 10.6. The van der Waals surface area contributed by atoms with Gasteiger partial charge in [-0.3, -0.25) is 4.79 Å². The molecule has 4 heteroatoms. The zero-order chi connectivity index (χ0) is 10.8. The number of aliphatic carboxylic acids is 1. The van der Waals surface area contributed by atoms with Crippen LogP contribution in [0.3, 0.4) is 0 Å². The van der Waals surface area contributed by atoms with Gasteiger partial charge in [0.1, 0.15) is 11.5 Å². The summed E-state index contributed by atoms with van der Waals surface area (Å²) in [6.45, 7) is 1.06. The molecule has 0 saturated heterocycles. The van der Waals surface area contributed by atoms with Crippen LogP contribution in [0.5, 0.6) is 0 Å². The maximum absolute atomic E-state index is 13.7. The predicted octanol–water partition coefficient (Wildman–Crippen LogP) is 2.49. The number of carbonyl (C=O) groups is 1. The third-order valence-electron chi connectivity index (χ3n) is 1.92. The smallest absolute Gasteiger partial charge is 0.306 e. The number of rotatable bonds is 3. The molecule has 0 aliphatic carbocycles. The van der Waals surface area contributed by atoms with Crippen molar-refractivity contribution in [3.63, 3.8) is 0 Å². The van der Waals surface area contributed by atoms with Gasteiger partial charge in [-0.15, -0.1) is 0 Å². The van der Waals surface area contributed by atoms with Crippen molar-refractivity contribution in [1.29, 1.82) is 0 Å². The van der Waals surface area contributed by atoms with Crippen molar-refractivity contribution in [2.24, 2.45) is 0 Å². The molecule has 0 aromatic heterocycles. The Balaban J connectivity index is 3.03. The van der Waals surface area contributed by atoms with Gasteiger partial charge in [-0.05, 0) is 13.0 Å². The third kappa shape index (κ3) is 2.28. The second-order valence-electron chi connectivity index (χ2n) is 3.25. The fraction of sp³-hybridized carbons (Fsp3) is 0.300. The lowest BCUT2D eigenvalue weighted by Gasteiger charge is -2.18. The van der Waals surface area contributed by atoms with Gasteiger partial charge in [0.15, 0.2) is 0 Å². The van der Waals surface area contributed by atoms with E-state index in [9.17, 15) is 13.6 Å². The van der Waals surface area contributed by atoms with Crippen molar-refractivity contribution >= 4 is 5.97 Å². The molecule has 0 saturated carbocycles. The van der Waals surface area contributed by atoms with Crippen molar-refractivity contribution in [3.05, 3.63) is 35.6 Å². The fourth-order valence-electron chi connectivity index (χ4n) is 1.26. The molecular formula is C10H10F2O2. The van der Waals surface area contributed by atoms with E-state index in [1.807, 2.05) is 0 Å². The molecule has 0 aliphatic rings. The minimum atomic E-state index is -2.17. The van der Waals surface area contributed by atoms with Crippen molar-refractivity contribution in [2.75, 3.05) is 0 Å². The van der Waals surface area contributed by atoms with E-state index in [0.717, 1.165) is 13.0 Å². The lowest BCUT2D eigenvalue weighted by atomic mass is 9.94. The summed E-state index contributed by atoms with van der Waals surface area (Å²) in [6.07, 6.45) is -0.742. The molecule has 76 valence electrons. The number of alkyl halides is 1. The SMILES string of the molecule is CC(F)(CC(=O)O)c1ccccc1F. The number of benzene rings is 1. The molecule has 1 N–H and O–H groups in total. The first-order valence-corrected chi connectivity index (χ1v) is 4.09. The highest BCUT2D eigenvalue weighted by atomic mass is 19.1. The number of halogens is 2. The van der Waals surface area contributed by atoms with Gasteiger partial charge in [0.2, 0.25) is 0 Å². The maximum atomic E-state index is 13.7. The molecule has 1 unspecified atom stereocenters. The monoisotopic (exact) mass is 200 g/mol. The van der Waals surface area contributed by atoms with E-state index in [0.29, 0.717) is 0 Å². The Hall–Kier alpha value is -1.45. The average molecular weight is 200 g/mol. The molecular weight excluding hydrogens is 190 g/mol. The van der Waals surface area contributed by atoms with Crippen molar-refractivity contribution in [2.45, 2.75) is 19.0 Å². The normalized spacial score (nSPS) is 14.8. The van der Waals surface area contributed by atoms with E-state index in [-0.39, 0.29) is 5.56 Å². The van der Waals surface area contributed by atoms with Crippen molar-refractivity contribution in [1.82, 2.24) is 0 Å². The summed E-state index contributed by atoms with van der Waals surface area (Å²) in [5.41, 5.74) is -2.39. The molecule has 0 fully saturated rings. The number of carboxylic acids is 1. The van der Waals surface area contributed by atoms with Crippen molar-refractivity contribution < 1.29 is 18.7 Å². The van der Waals surface area contributed by atoms with E-state index in [4.69, 9.17) is 5.11 Å². The molecule has 1 aromatic rings. The first-order valence-electron chi connectivity index (χ1n) is 4.09. The summed E-state index contributed by atoms with van der Waals surface area (Å²) in [7, 11) is 0. The van der Waals surface area contributed by atoms with E-state index in [1.54, 1.807) is 0 Å². The van der Waals surface area contributed by atoms with Gasteiger partial charge in [0, 0.05) is 5.56 Å². The number of hydrogen-bond donors (Lipinski definition) is 1. The summed E-state index contributed by atoms with van der Waals surface area (Å²) in [6, 6.07) is 5.25. The lowest BCUT2D eigenvalue weighted by molar-refractivity contribution is -0.140. The Labute approximate surface area is 80.2 Å². The Morgan fingerprint density at radius 2 is 2.07 bits per heavy atom. The molecule has 0 aliphatic heterocycles. The van der Waals surface area contributed by atoms with Gasteiger partial charge < -0.3 is 5.11 Å². The van der Waals surface area contributed by atoms with Gasteiger partial charge in [-0.25, -0.2) is 8.78 Å². The van der Waals surface area contributed by atoms with Crippen LogP contribution in [0, 0.1) is 5.82 Å². The Morgan fingerprint density at radius 1 is 1.50 bits per heavy atom. The Kier molecular flexibility index (Phi) is 2.84. The fourth-order valence-corrected chi connectivity index (χ4v) is 1.26. The quantitative estimate of drug-likeness (QED) is 0.813. The summed E-state index contributed by atoms with van der Waals surface area (Å²) in [4.78, 5) is 10.3. The third-order valence-corrected chi connectivity index (χ3v) is 1.92. The van der Waals surface area contributed by atoms with E-state index >= 15 is 0 Å². The Bertz CT molecular complexity index is 348. The van der Waals surface area contributed by atoms with Crippen molar-refractivity contribution in [3.8, 4) is 0 Å². The van der Waals surface area contributed by atoms with Crippen LogP contribution in [0.15, 0.2) is 24.3 Å². The van der Waals surface area contributed by atoms with Crippen LogP contribution in [0.2, 0.25) is 0 Å². The molecule has 0 amide bonds. The molecule has 14 heavy (non-hydrogen) atoms. The van der Waals surface area contributed by atoms with Gasteiger partial charge in [-0.2, -0.15) is 0 Å². The molecule has 2 nitrogen and oxygen atoms in total. The maximum Gasteiger partial charge on any atom is 0.306 e. The largest absolute Gasteiger partial charge is 0.481 e. The van der Waals surface area contributed by atoms with Crippen LogP contribution < -0.4 is 0 Å². The van der Waals surface area contributed by atoms with Crippen LogP contribution >= 0.6 is 0 Å². The van der Waals surface area contributed by atoms with Crippen LogP contribution in [-0.4, -0.2) is 11.1 Å². The standard InChI is InChI=1S/C10H10F2O2/c1-10(12,6-9(13)14)7-4-2-3-5-8(7)11/h2-5H,6H2,1H3,(H,13,14). The van der Waals surface area contributed by atoms with Crippen LogP contribution in [-0.2, 0) is 10.5 Å². The van der Waals surface area contributed by atoms with Gasteiger partial charge in [0.25, 0.3) is 0 Å². The highest BCUT2D eigenvalue weighted by Crippen LogP contribution is 2.30. The molecule has 0 bridgehead atoms. The Morgan fingerprint density at radius 3 is 2.57 bits per heavy atom. The molecule has 1 rings (SSSR count). The number of carboxylic acid groups (broad SMARTS) is 1. The zero-order valence-electron chi connectivity index (χ0n) is 7.63. The average Bonchev–Trinajstić information content (AvgIpc) is 2.02. The number of hydrogen-bond acceptors (Lipinski definition) is 1. The zero-order valence-corrected chi connectivity index (χ0v) is 7.63. The predicted molar refractivity (Wildman–Crippen MR) is 47.1 cm³/mol. The van der Waals surface area contributed by atoms with E-state index in [2.05, 4.69) is 0 Å². The first-order chi connectivity index (χ1) is 6.43. The summed E-state index contributed by atoms with van der Waals surface area (Å²) < 4.78 is 26.8. The second-order valence-corrected chi connectivity index (χ2v) is 3.25. The summed E-state index contributed by atoms with van der Waals surface area (Å²) >= 11 is 0. The van der Waals surface area contributed by atoms with Gasteiger partial charge in [-0.1, -0.05) is 18.2 Å². The van der Waals surface area contributed by atoms with E-state index < -0.39 is 23.9 Å². The topological polar surface area (TPSA) is 37.3 Å². The molecule has 1 aromatic carbocycles. The lowest BCUT2D eigenvalue weighted by Crippen LogP contribution is -2.21. The second kappa shape index (κ2) is 3.74. The summed E-state index contributed by atoms with van der Waals surface area (Å²) in [5, 5.41) is 8.44. The highest BCUT2D eigenvalue weighted by molar-refractivity contribution is 5.68. The molecule has 1 atom stereocenters. The minimum absolute atomic E-state index is 0.220. The van der Waals surface area contributed by atoms with Crippen LogP contribution in [0.4, 0.5) is 8.78 Å². The summed E-state index contributed by atoms with van der Waals surface area (Å²) in [5.74, 6) is -2.02.